The van der Waals surface area contributed by atoms with Gasteiger partial charge in [-0.2, -0.15) is 0 Å². The second kappa shape index (κ2) is 10.4. The van der Waals surface area contributed by atoms with Crippen LogP contribution in [0.2, 0.25) is 0 Å². The number of hydrogen-bond donors (Lipinski definition) is 2. The number of aryl methyl sites for hydroxylation is 2. The fraction of sp³-hybridized carbons (Fsp3) is 0.722. The molecule has 0 unspecified atom stereocenters. The molecule has 2 rings (SSSR count). The third kappa shape index (κ3) is 6.68. The Morgan fingerprint density at radius 2 is 1.88 bits per heavy atom. The number of nitrogens with zero attached hydrogens (tertiary/aromatic N) is 3. The van der Waals surface area contributed by atoms with Crippen LogP contribution < -0.4 is 10.6 Å². The van der Waals surface area contributed by atoms with Gasteiger partial charge >= 0.3 is 0 Å². The van der Waals surface area contributed by atoms with E-state index in [0.29, 0.717) is 13.1 Å². The lowest BCUT2D eigenvalue weighted by molar-refractivity contribution is -0.128. The monoisotopic (exact) mass is 493 g/mol. The Morgan fingerprint density at radius 3 is 2.50 bits per heavy atom. The molecule has 0 bridgehead atoms. The molecule has 0 atom stereocenters. The Morgan fingerprint density at radius 1 is 1.23 bits per heavy atom. The molecule has 26 heavy (non-hydrogen) atoms. The van der Waals surface area contributed by atoms with E-state index in [4.69, 9.17) is 4.98 Å². The minimum absolute atomic E-state index is 0. The number of aliphatic imine (C=N–C) groups is 1. The number of aromatic nitrogens is 1. The van der Waals surface area contributed by atoms with Gasteiger partial charge < -0.3 is 15.5 Å². The zero-order chi connectivity index (χ0) is 18.4. The summed E-state index contributed by atoms with van der Waals surface area (Å²) >= 11 is 1.83. The molecule has 148 valence electrons. The molecule has 0 saturated heterocycles. The number of rotatable bonds is 5. The van der Waals surface area contributed by atoms with Crippen LogP contribution in [0.15, 0.2) is 4.99 Å². The van der Waals surface area contributed by atoms with Crippen LogP contribution in [0.3, 0.4) is 0 Å². The van der Waals surface area contributed by atoms with Crippen LogP contribution in [0.25, 0.3) is 0 Å². The SMILES string of the molecule is CN=C(NCCNC(=O)C(C)(C)C)N(C)Cc1nc2c(s1)CCCC2.I. The number of carbonyl (C=O) groups excluding carboxylic acids is 1. The molecule has 2 N–H and O–H groups in total. The van der Waals surface area contributed by atoms with Crippen LogP contribution >= 0.6 is 35.3 Å². The summed E-state index contributed by atoms with van der Waals surface area (Å²) in [6.45, 7) is 7.72. The number of halogens is 1. The van der Waals surface area contributed by atoms with E-state index in [1.807, 2.05) is 39.2 Å². The van der Waals surface area contributed by atoms with Gasteiger partial charge in [0.1, 0.15) is 5.01 Å². The molecule has 1 aromatic heterocycles. The number of fused-ring (bicyclic) bond motifs is 1. The molecule has 8 heteroatoms. The second-order valence-corrected chi connectivity index (χ2v) is 8.69. The van der Waals surface area contributed by atoms with Crippen molar-refractivity contribution in [1.29, 1.82) is 0 Å². The second-order valence-electron chi connectivity index (χ2n) is 7.52. The summed E-state index contributed by atoms with van der Waals surface area (Å²) < 4.78 is 0. The molecule has 1 aliphatic carbocycles. The Kier molecular flexibility index (Phi) is 9.29. The zero-order valence-corrected chi connectivity index (χ0v) is 19.7. The lowest BCUT2D eigenvalue weighted by atomic mass is 9.96. The molecular weight excluding hydrogens is 461 g/mol. The van der Waals surface area contributed by atoms with Crippen LogP contribution in [0.5, 0.6) is 0 Å². The standard InChI is InChI=1S/C18H31N5OS.HI/c1-18(2,3)16(24)20-10-11-21-17(19-4)23(5)12-15-22-13-8-6-7-9-14(13)25-15;/h6-12H2,1-5H3,(H,19,21)(H,20,24);1H. The van der Waals surface area contributed by atoms with Crippen molar-refractivity contribution in [2.45, 2.75) is 53.0 Å². The highest BCUT2D eigenvalue weighted by molar-refractivity contribution is 14.0. The zero-order valence-electron chi connectivity index (χ0n) is 16.5. The van der Waals surface area contributed by atoms with Crippen molar-refractivity contribution in [3.8, 4) is 0 Å². The van der Waals surface area contributed by atoms with E-state index in [9.17, 15) is 4.79 Å². The average Bonchev–Trinajstić information content (AvgIpc) is 2.95. The van der Waals surface area contributed by atoms with E-state index in [1.165, 1.54) is 29.8 Å². The Hall–Kier alpha value is -0.900. The highest BCUT2D eigenvalue weighted by Crippen LogP contribution is 2.27. The Labute approximate surface area is 178 Å². The first kappa shape index (κ1) is 23.1. The molecule has 0 aliphatic heterocycles. The summed E-state index contributed by atoms with van der Waals surface area (Å²) in [6, 6.07) is 0. The molecule has 0 radical (unpaired) electrons. The van der Waals surface area contributed by atoms with Crippen LogP contribution in [-0.2, 0) is 24.2 Å². The number of carbonyl (C=O) groups is 1. The molecular formula is C18H32IN5OS. The third-order valence-corrected chi connectivity index (χ3v) is 5.35. The van der Waals surface area contributed by atoms with Gasteiger partial charge in [0.25, 0.3) is 0 Å². The maximum atomic E-state index is 11.9. The van der Waals surface area contributed by atoms with Crippen molar-refractivity contribution in [2.24, 2.45) is 10.4 Å². The van der Waals surface area contributed by atoms with Crippen molar-refractivity contribution in [3.05, 3.63) is 15.6 Å². The van der Waals surface area contributed by atoms with E-state index in [2.05, 4.69) is 20.5 Å². The molecule has 0 spiro atoms. The summed E-state index contributed by atoms with van der Waals surface area (Å²) in [5.74, 6) is 0.879. The van der Waals surface area contributed by atoms with E-state index in [1.54, 1.807) is 7.05 Å². The fourth-order valence-corrected chi connectivity index (χ4v) is 3.96. The van der Waals surface area contributed by atoms with E-state index in [-0.39, 0.29) is 35.3 Å². The lowest BCUT2D eigenvalue weighted by Gasteiger charge is -2.22. The van der Waals surface area contributed by atoms with Crippen molar-refractivity contribution < 1.29 is 4.79 Å². The van der Waals surface area contributed by atoms with Gasteiger partial charge in [0.2, 0.25) is 5.91 Å². The van der Waals surface area contributed by atoms with Crippen LogP contribution in [0.4, 0.5) is 0 Å². The first-order chi connectivity index (χ1) is 11.8. The smallest absolute Gasteiger partial charge is 0.225 e. The summed E-state index contributed by atoms with van der Waals surface area (Å²) in [5.41, 5.74) is 0.940. The van der Waals surface area contributed by atoms with Crippen molar-refractivity contribution in [2.75, 3.05) is 27.2 Å². The predicted molar refractivity (Wildman–Crippen MR) is 119 cm³/mol. The number of guanidine groups is 1. The highest BCUT2D eigenvalue weighted by atomic mass is 127. The lowest BCUT2D eigenvalue weighted by Crippen LogP contribution is -2.43. The summed E-state index contributed by atoms with van der Waals surface area (Å²) in [6.07, 6.45) is 4.84. The van der Waals surface area contributed by atoms with Crippen LogP contribution in [0.1, 0.15) is 49.2 Å². The Balaban J connectivity index is 0.00000338. The summed E-state index contributed by atoms with van der Waals surface area (Å²) in [7, 11) is 3.79. The summed E-state index contributed by atoms with van der Waals surface area (Å²) in [4.78, 5) is 24.5. The van der Waals surface area contributed by atoms with Gasteiger partial charge in [-0.1, -0.05) is 20.8 Å². The molecule has 1 aromatic rings. The van der Waals surface area contributed by atoms with E-state index < -0.39 is 0 Å². The first-order valence-electron chi connectivity index (χ1n) is 8.99. The van der Waals surface area contributed by atoms with Gasteiger partial charge in [0, 0.05) is 37.5 Å². The van der Waals surface area contributed by atoms with Gasteiger partial charge in [-0.3, -0.25) is 9.79 Å². The van der Waals surface area contributed by atoms with Gasteiger partial charge in [-0.25, -0.2) is 4.98 Å². The predicted octanol–water partition coefficient (Wildman–Crippen LogP) is 2.81. The van der Waals surface area contributed by atoms with Crippen molar-refractivity contribution in [3.63, 3.8) is 0 Å². The largest absolute Gasteiger partial charge is 0.354 e. The molecule has 1 aliphatic rings. The molecule has 1 amide bonds. The molecule has 0 fully saturated rings. The molecule has 0 aromatic carbocycles. The number of amides is 1. The van der Waals surface area contributed by atoms with Crippen LogP contribution in [0, 0.1) is 5.41 Å². The maximum absolute atomic E-state index is 11.9. The van der Waals surface area contributed by atoms with Crippen LogP contribution in [-0.4, -0.2) is 48.9 Å². The third-order valence-electron chi connectivity index (χ3n) is 4.21. The fourth-order valence-electron chi connectivity index (χ4n) is 2.75. The minimum atomic E-state index is -0.359. The number of hydrogen-bond acceptors (Lipinski definition) is 4. The van der Waals surface area contributed by atoms with E-state index in [0.717, 1.165) is 23.9 Å². The number of nitrogens with one attached hydrogen (secondary N) is 2. The Bertz CT molecular complexity index is 600. The maximum Gasteiger partial charge on any atom is 0.225 e. The molecule has 6 nitrogen and oxygen atoms in total. The molecule has 1 heterocycles. The van der Waals surface area contributed by atoms with Gasteiger partial charge in [-0.15, -0.1) is 35.3 Å². The van der Waals surface area contributed by atoms with Gasteiger partial charge in [-0.05, 0) is 25.7 Å². The van der Waals surface area contributed by atoms with Gasteiger partial charge in [0.05, 0.1) is 12.2 Å². The normalized spacial score (nSPS) is 14.3. The van der Waals surface area contributed by atoms with E-state index >= 15 is 0 Å². The molecule has 0 saturated carbocycles. The first-order valence-corrected chi connectivity index (χ1v) is 9.80. The average molecular weight is 493 g/mol. The quantitative estimate of drug-likeness (QED) is 0.287. The topological polar surface area (TPSA) is 69.6 Å². The minimum Gasteiger partial charge on any atom is -0.354 e. The van der Waals surface area contributed by atoms with Gasteiger partial charge in [0.15, 0.2) is 5.96 Å². The highest BCUT2D eigenvalue weighted by Gasteiger charge is 2.20. The van der Waals surface area contributed by atoms with Crippen molar-refractivity contribution in [1.82, 2.24) is 20.5 Å². The van der Waals surface area contributed by atoms with Crippen molar-refractivity contribution >= 4 is 47.2 Å². The summed E-state index contributed by atoms with van der Waals surface area (Å²) in [5, 5.41) is 7.39. The number of thiazole rings is 1.